The first-order valence-electron chi connectivity index (χ1n) is 6.42. The summed E-state index contributed by atoms with van der Waals surface area (Å²) in [6.45, 7) is 3.43. The Bertz CT molecular complexity index is 635. The van der Waals surface area contributed by atoms with Crippen molar-refractivity contribution in [3.05, 3.63) is 30.6 Å². The van der Waals surface area contributed by atoms with Crippen LogP contribution in [-0.2, 0) is 9.59 Å². The lowest BCUT2D eigenvalue weighted by Gasteiger charge is -2.17. The van der Waals surface area contributed by atoms with Gasteiger partial charge in [0, 0.05) is 6.04 Å². The van der Waals surface area contributed by atoms with Crippen molar-refractivity contribution in [2.45, 2.75) is 32.4 Å². The van der Waals surface area contributed by atoms with E-state index in [1.807, 2.05) is 24.3 Å². The second kappa shape index (κ2) is 5.73. The molecule has 2 N–H and O–H groups in total. The molecule has 0 fully saturated rings. The minimum Gasteiger partial charge on any atom is -0.481 e. The number of hydrogen-bond donors (Lipinski definition) is 2. The minimum absolute atomic E-state index is 0.0941. The molecule has 1 aromatic heterocycles. The fourth-order valence-corrected chi connectivity index (χ4v) is 2.09. The van der Waals surface area contributed by atoms with Gasteiger partial charge in [0.15, 0.2) is 0 Å². The lowest BCUT2D eigenvalue weighted by Crippen LogP contribution is -2.38. The molecule has 2 aromatic rings. The van der Waals surface area contributed by atoms with E-state index >= 15 is 0 Å². The molecule has 0 aliphatic carbocycles. The van der Waals surface area contributed by atoms with Crippen LogP contribution in [0.15, 0.2) is 30.6 Å². The maximum atomic E-state index is 12.1. The Hall–Kier alpha value is -2.37. The molecule has 2 atom stereocenters. The predicted octanol–water partition coefficient (Wildman–Crippen LogP) is 1.58. The maximum Gasteiger partial charge on any atom is 0.305 e. The Morgan fingerprint density at radius 2 is 2.05 bits per heavy atom. The molecule has 0 aliphatic heterocycles. The summed E-state index contributed by atoms with van der Waals surface area (Å²) < 4.78 is 1.78. The average Bonchev–Trinajstić information content (AvgIpc) is 2.80. The largest absolute Gasteiger partial charge is 0.481 e. The monoisotopic (exact) mass is 275 g/mol. The summed E-state index contributed by atoms with van der Waals surface area (Å²) in [5.74, 6) is -1.15. The zero-order valence-corrected chi connectivity index (χ0v) is 11.4. The molecule has 1 heterocycles. The fraction of sp³-hybridized carbons (Fsp3) is 0.357. The molecule has 106 valence electrons. The molecule has 2 unspecified atom stereocenters. The molecule has 0 saturated carbocycles. The van der Waals surface area contributed by atoms with Crippen molar-refractivity contribution in [3.8, 4) is 0 Å². The van der Waals surface area contributed by atoms with Crippen LogP contribution in [0.25, 0.3) is 11.0 Å². The molecule has 0 bridgehead atoms. The highest BCUT2D eigenvalue weighted by Gasteiger charge is 2.19. The number of carboxylic acid groups (broad SMARTS) is 1. The highest BCUT2D eigenvalue weighted by atomic mass is 16.4. The first-order chi connectivity index (χ1) is 9.49. The lowest BCUT2D eigenvalue weighted by molar-refractivity contribution is -0.137. The van der Waals surface area contributed by atoms with Crippen molar-refractivity contribution >= 4 is 22.9 Å². The molecular formula is C14H17N3O3. The number of carbonyl (C=O) groups excluding carboxylic acids is 1. The van der Waals surface area contributed by atoms with Gasteiger partial charge in [-0.25, -0.2) is 4.98 Å². The van der Waals surface area contributed by atoms with Crippen LogP contribution in [0.5, 0.6) is 0 Å². The van der Waals surface area contributed by atoms with Gasteiger partial charge in [0.05, 0.1) is 23.8 Å². The molecule has 1 amide bonds. The number of amides is 1. The number of rotatable bonds is 5. The van der Waals surface area contributed by atoms with Crippen molar-refractivity contribution in [3.63, 3.8) is 0 Å². The van der Waals surface area contributed by atoms with E-state index in [9.17, 15) is 9.59 Å². The van der Waals surface area contributed by atoms with E-state index in [1.165, 1.54) is 0 Å². The Balaban J connectivity index is 2.12. The Kier molecular flexibility index (Phi) is 4.02. The Labute approximate surface area is 116 Å². The number of para-hydroxylation sites is 2. The molecule has 2 rings (SSSR count). The number of imidazole rings is 1. The maximum absolute atomic E-state index is 12.1. The van der Waals surface area contributed by atoms with E-state index in [1.54, 1.807) is 24.7 Å². The standard InChI is InChI=1S/C14H17N3O3/c1-9(7-13(18)19)16-14(20)10(2)17-8-15-11-5-3-4-6-12(11)17/h3-6,8-10H,7H2,1-2H3,(H,16,20)(H,18,19). The van der Waals surface area contributed by atoms with E-state index in [-0.39, 0.29) is 12.3 Å². The van der Waals surface area contributed by atoms with Gasteiger partial charge in [0.2, 0.25) is 5.91 Å². The van der Waals surface area contributed by atoms with Gasteiger partial charge in [0.25, 0.3) is 0 Å². The Morgan fingerprint density at radius 3 is 2.75 bits per heavy atom. The number of carboxylic acids is 1. The quantitative estimate of drug-likeness (QED) is 0.867. The average molecular weight is 275 g/mol. The predicted molar refractivity (Wildman–Crippen MR) is 74.3 cm³/mol. The first kappa shape index (κ1) is 14.0. The third-order valence-corrected chi connectivity index (χ3v) is 3.15. The van der Waals surface area contributed by atoms with Gasteiger partial charge in [-0.2, -0.15) is 0 Å². The van der Waals surface area contributed by atoms with Crippen LogP contribution in [0, 0.1) is 0 Å². The number of aliphatic carboxylic acids is 1. The number of carbonyl (C=O) groups is 2. The van der Waals surface area contributed by atoms with E-state index in [4.69, 9.17) is 5.11 Å². The van der Waals surface area contributed by atoms with Crippen molar-refractivity contribution in [1.82, 2.24) is 14.9 Å². The van der Waals surface area contributed by atoms with Crippen LogP contribution in [0.4, 0.5) is 0 Å². The molecule has 0 aliphatic rings. The van der Waals surface area contributed by atoms with Crippen LogP contribution in [0.2, 0.25) is 0 Å². The number of nitrogens with one attached hydrogen (secondary N) is 1. The summed E-state index contributed by atoms with van der Waals surface area (Å²) in [4.78, 5) is 27.0. The van der Waals surface area contributed by atoms with Crippen LogP contribution in [0.3, 0.4) is 0 Å². The summed E-state index contributed by atoms with van der Waals surface area (Å²) in [5.41, 5.74) is 1.70. The van der Waals surface area contributed by atoms with E-state index < -0.39 is 18.1 Å². The van der Waals surface area contributed by atoms with Gasteiger partial charge in [-0.05, 0) is 26.0 Å². The summed E-state index contributed by atoms with van der Waals surface area (Å²) in [6.07, 6.45) is 1.53. The number of aromatic nitrogens is 2. The molecule has 20 heavy (non-hydrogen) atoms. The zero-order chi connectivity index (χ0) is 14.7. The van der Waals surface area contributed by atoms with Gasteiger partial charge in [-0.3, -0.25) is 9.59 Å². The SMILES string of the molecule is CC(CC(=O)O)NC(=O)C(C)n1cnc2ccccc21. The van der Waals surface area contributed by atoms with Gasteiger partial charge >= 0.3 is 5.97 Å². The minimum atomic E-state index is -0.932. The highest BCUT2D eigenvalue weighted by Crippen LogP contribution is 2.17. The summed E-state index contributed by atoms with van der Waals surface area (Å²) >= 11 is 0. The summed E-state index contributed by atoms with van der Waals surface area (Å²) in [5, 5.41) is 11.4. The molecule has 0 radical (unpaired) electrons. The lowest BCUT2D eigenvalue weighted by atomic mass is 10.2. The van der Waals surface area contributed by atoms with Gasteiger partial charge in [0.1, 0.15) is 6.04 Å². The van der Waals surface area contributed by atoms with Crippen LogP contribution >= 0.6 is 0 Å². The van der Waals surface area contributed by atoms with E-state index in [0.29, 0.717) is 0 Å². The normalized spacial score (nSPS) is 13.9. The summed E-state index contributed by atoms with van der Waals surface area (Å²) in [6, 6.07) is 6.70. The fourth-order valence-electron chi connectivity index (χ4n) is 2.09. The summed E-state index contributed by atoms with van der Waals surface area (Å²) in [7, 11) is 0. The third-order valence-electron chi connectivity index (χ3n) is 3.15. The number of benzene rings is 1. The van der Waals surface area contributed by atoms with Crippen molar-refractivity contribution in [2.24, 2.45) is 0 Å². The van der Waals surface area contributed by atoms with Gasteiger partial charge in [-0.15, -0.1) is 0 Å². The molecular weight excluding hydrogens is 258 g/mol. The topological polar surface area (TPSA) is 84.2 Å². The number of fused-ring (bicyclic) bond motifs is 1. The van der Waals surface area contributed by atoms with Crippen LogP contribution in [0.1, 0.15) is 26.3 Å². The highest BCUT2D eigenvalue weighted by molar-refractivity contribution is 5.84. The van der Waals surface area contributed by atoms with Crippen LogP contribution in [-0.4, -0.2) is 32.6 Å². The van der Waals surface area contributed by atoms with E-state index in [2.05, 4.69) is 10.3 Å². The van der Waals surface area contributed by atoms with Gasteiger partial charge < -0.3 is 15.0 Å². The zero-order valence-electron chi connectivity index (χ0n) is 11.4. The van der Waals surface area contributed by atoms with Crippen molar-refractivity contribution < 1.29 is 14.7 Å². The Morgan fingerprint density at radius 1 is 1.35 bits per heavy atom. The van der Waals surface area contributed by atoms with E-state index in [0.717, 1.165) is 11.0 Å². The molecule has 6 nitrogen and oxygen atoms in total. The molecule has 0 spiro atoms. The first-order valence-corrected chi connectivity index (χ1v) is 6.42. The molecule has 0 saturated heterocycles. The number of nitrogens with zero attached hydrogens (tertiary/aromatic N) is 2. The smallest absolute Gasteiger partial charge is 0.305 e. The van der Waals surface area contributed by atoms with Crippen molar-refractivity contribution in [2.75, 3.05) is 0 Å². The van der Waals surface area contributed by atoms with Crippen molar-refractivity contribution in [1.29, 1.82) is 0 Å². The molecule has 1 aromatic carbocycles. The van der Waals surface area contributed by atoms with Crippen LogP contribution < -0.4 is 5.32 Å². The third kappa shape index (κ3) is 2.96. The number of hydrogen-bond acceptors (Lipinski definition) is 3. The second-order valence-corrected chi connectivity index (χ2v) is 4.82. The van der Waals surface area contributed by atoms with Gasteiger partial charge in [-0.1, -0.05) is 12.1 Å². The second-order valence-electron chi connectivity index (χ2n) is 4.82. The molecule has 6 heteroatoms.